The van der Waals surface area contributed by atoms with Crippen molar-refractivity contribution in [2.75, 3.05) is 19.6 Å². The summed E-state index contributed by atoms with van der Waals surface area (Å²) in [5, 5.41) is 4.69. The molecular weight excluding hydrogens is 278 g/mol. The van der Waals surface area contributed by atoms with Crippen molar-refractivity contribution in [3.63, 3.8) is 0 Å². The molecule has 112 valence electrons. The molecule has 1 aromatic heterocycles. The van der Waals surface area contributed by atoms with Gasteiger partial charge in [0.1, 0.15) is 0 Å². The normalized spacial score (nSPS) is 17.7. The van der Waals surface area contributed by atoms with Gasteiger partial charge in [-0.1, -0.05) is 23.3 Å². The van der Waals surface area contributed by atoms with Gasteiger partial charge >= 0.3 is 0 Å². The van der Waals surface area contributed by atoms with Gasteiger partial charge in [-0.05, 0) is 35.6 Å². The second-order valence-corrected chi connectivity index (χ2v) is 5.60. The molecule has 1 aromatic carbocycles. The van der Waals surface area contributed by atoms with Crippen LogP contribution >= 0.6 is 0 Å². The third-order valence-electron chi connectivity index (χ3n) is 4.04. The summed E-state index contributed by atoms with van der Waals surface area (Å²) in [5.74, 6) is 0.304. The maximum Gasteiger partial charge on any atom is 0.222 e. The minimum atomic E-state index is 0.150. The number of pyridine rings is 1. The first-order chi connectivity index (χ1) is 10.8. The Morgan fingerprint density at radius 1 is 1.41 bits per heavy atom. The third kappa shape index (κ3) is 3.18. The Morgan fingerprint density at radius 2 is 2.32 bits per heavy atom. The number of benzene rings is 1. The molecule has 22 heavy (non-hydrogen) atoms. The van der Waals surface area contributed by atoms with Crippen LogP contribution in [-0.2, 0) is 11.2 Å². The first-order valence-corrected chi connectivity index (χ1v) is 7.38. The van der Waals surface area contributed by atoms with Gasteiger partial charge in [0, 0.05) is 42.5 Å². The fourth-order valence-corrected chi connectivity index (χ4v) is 2.88. The lowest BCUT2D eigenvalue weighted by Crippen LogP contribution is -2.27. The zero-order valence-corrected chi connectivity index (χ0v) is 12.2. The van der Waals surface area contributed by atoms with Crippen molar-refractivity contribution < 1.29 is 4.79 Å². The van der Waals surface area contributed by atoms with Crippen LogP contribution in [0, 0.1) is 5.92 Å². The molecule has 2 aromatic rings. The Hall–Kier alpha value is -2.59. The number of likely N-dealkylation sites (tertiary alicyclic amines) is 1. The number of amides is 1. The summed E-state index contributed by atoms with van der Waals surface area (Å²) in [6, 6.07) is 10.2. The molecule has 1 unspecified atom stereocenters. The van der Waals surface area contributed by atoms with Gasteiger partial charge in [-0.2, -0.15) is 0 Å². The SMILES string of the molecule is [N-]=[N+]=NCC1CC(=O)N(CCc2ccc3cccnc3c2)C1. The second-order valence-electron chi connectivity index (χ2n) is 5.60. The van der Waals surface area contributed by atoms with E-state index < -0.39 is 0 Å². The van der Waals surface area contributed by atoms with Gasteiger partial charge in [-0.3, -0.25) is 9.78 Å². The van der Waals surface area contributed by atoms with Crippen LogP contribution in [0.3, 0.4) is 0 Å². The molecule has 0 radical (unpaired) electrons. The third-order valence-corrected chi connectivity index (χ3v) is 4.04. The van der Waals surface area contributed by atoms with E-state index in [-0.39, 0.29) is 11.8 Å². The lowest BCUT2D eigenvalue weighted by atomic mass is 10.1. The molecule has 0 spiro atoms. The Morgan fingerprint density at radius 3 is 3.18 bits per heavy atom. The number of fused-ring (bicyclic) bond motifs is 1. The van der Waals surface area contributed by atoms with Crippen molar-refractivity contribution in [2.45, 2.75) is 12.8 Å². The van der Waals surface area contributed by atoms with Gasteiger partial charge in [0.25, 0.3) is 0 Å². The number of hydrogen-bond donors (Lipinski definition) is 0. The zero-order valence-electron chi connectivity index (χ0n) is 12.2. The first kappa shape index (κ1) is 14.4. The highest BCUT2D eigenvalue weighted by molar-refractivity contribution is 5.79. The summed E-state index contributed by atoms with van der Waals surface area (Å²) >= 11 is 0. The molecule has 1 fully saturated rings. The second kappa shape index (κ2) is 6.45. The van der Waals surface area contributed by atoms with Crippen LogP contribution in [0.1, 0.15) is 12.0 Å². The molecule has 0 saturated carbocycles. The summed E-state index contributed by atoms with van der Waals surface area (Å²) in [6.07, 6.45) is 3.08. The molecule has 6 heteroatoms. The van der Waals surface area contributed by atoms with Crippen LogP contribution in [0.5, 0.6) is 0 Å². The van der Waals surface area contributed by atoms with E-state index in [0.29, 0.717) is 26.1 Å². The number of carbonyl (C=O) groups excluding carboxylic acids is 1. The maximum atomic E-state index is 12.0. The smallest absolute Gasteiger partial charge is 0.222 e. The zero-order chi connectivity index (χ0) is 15.4. The number of hydrogen-bond acceptors (Lipinski definition) is 3. The number of rotatable bonds is 5. The minimum absolute atomic E-state index is 0.150. The van der Waals surface area contributed by atoms with E-state index in [1.54, 1.807) is 6.20 Å². The van der Waals surface area contributed by atoms with E-state index in [1.165, 1.54) is 5.56 Å². The predicted molar refractivity (Wildman–Crippen MR) is 84.1 cm³/mol. The summed E-state index contributed by atoms with van der Waals surface area (Å²) in [7, 11) is 0. The van der Waals surface area contributed by atoms with E-state index in [0.717, 1.165) is 17.3 Å². The lowest BCUT2D eigenvalue weighted by molar-refractivity contribution is -0.127. The van der Waals surface area contributed by atoms with Crippen molar-refractivity contribution >= 4 is 16.8 Å². The van der Waals surface area contributed by atoms with E-state index in [9.17, 15) is 4.79 Å². The monoisotopic (exact) mass is 295 g/mol. The molecule has 1 aliphatic rings. The van der Waals surface area contributed by atoms with Crippen molar-refractivity contribution in [3.8, 4) is 0 Å². The highest BCUT2D eigenvalue weighted by Gasteiger charge is 2.28. The first-order valence-electron chi connectivity index (χ1n) is 7.38. The highest BCUT2D eigenvalue weighted by atomic mass is 16.2. The van der Waals surface area contributed by atoms with Gasteiger partial charge in [-0.25, -0.2) is 0 Å². The van der Waals surface area contributed by atoms with E-state index in [2.05, 4.69) is 33.2 Å². The van der Waals surface area contributed by atoms with Gasteiger partial charge in [0.05, 0.1) is 5.52 Å². The summed E-state index contributed by atoms with van der Waals surface area (Å²) in [4.78, 5) is 20.9. The van der Waals surface area contributed by atoms with Crippen LogP contribution in [0.15, 0.2) is 41.6 Å². The van der Waals surface area contributed by atoms with Crippen LogP contribution in [0.2, 0.25) is 0 Å². The van der Waals surface area contributed by atoms with Gasteiger partial charge < -0.3 is 4.90 Å². The molecule has 0 bridgehead atoms. The number of azide groups is 1. The van der Waals surface area contributed by atoms with Gasteiger partial charge in [0.2, 0.25) is 5.91 Å². The van der Waals surface area contributed by atoms with Crippen LogP contribution < -0.4 is 0 Å². The Bertz CT molecular complexity index is 738. The number of aromatic nitrogens is 1. The molecule has 3 rings (SSSR count). The van der Waals surface area contributed by atoms with Crippen LogP contribution in [0.25, 0.3) is 21.3 Å². The van der Waals surface area contributed by atoms with E-state index in [4.69, 9.17) is 5.53 Å². The lowest BCUT2D eigenvalue weighted by Gasteiger charge is -2.16. The number of carbonyl (C=O) groups is 1. The van der Waals surface area contributed by atoms with Crippen molar-refractivity contribution in [1.82, 2.24) is 9.88 Å². The maximum absolute atomic E-state index is 12.0. The summed E-state index contributed by atoms with van der Waals surface area (Å²) in [5.41, 5.74) is 10.5. The fourth-order valence-electron chi connectivity index (χ4n) is 2.88. The van der Waals surface area contributed by atoms with Gasteiger partial charge in [-0.15, -0.1) is 0 Å². The molecule has 6 nitrogen and oxygen atoms in total. The topological polar surface area (TPSA) is 82.0 Å². The molecule has 1 aliphatic heterocycles. The Balaban J connectivity index is 1.61. The molecule has 0 N–H and O–H groups in total. The van der Waals surface area contributed by atoms with Crippen LogP contribution in [-0.4, -0.2) is 35.4 Å². The molecule has 0 aliphatic carbocycles. The van der Waals surface area contributed by atoms with Crippen LogP contribution in [0.4, 0.5) is 0 Å². The molecule has 1 atom stereocenters. The van der Waals surface area contributed by atoms with Crippen molar-refractivity contribution in [3.05, 3.63) is 52.5 Å². The molecular formula is C16H17N5O. The predicted octanol–water partition coefficient (Wildman–Crippen LogP) is 2.94. The Kier molecular flexibility index (Phi) is 4.21. The minimum Gasteiger partial charge on any atom is -0.342 e. The van der Waals surface area contributed by atoms with E-state index in [1.807, 2.05) is 17.0 Å². The average molecular weight is 295 g/mol. The van der Waals surface area contributed by atoms with Gasteiger partial charge in [0.15, 0.2) is 0 Å². The Labute approximate surface area is 128 Å². The molecule has 2 heterocycles. The summed E-state index contributed by atoms with van der Waals surface area (Å²) < 4.78 is 0. The molecule has 1 saturated heterocycles. The standard InChI is InChI=1S/C16H17N5O/c17-20-19-10-13-9-16(22)21(11-13)7-5-12-3-4-14-2-1-6-18-15(14)8-12/h1-4,6,8,13H,5,7,9-11H2. The molecule has 1 amide bonds. The number of nitrogens with zero attached hydrogens (tertiary/aromatic N) is 5. The fraction of sp³-hybridized carbons (Fsp3) is 0.375. The van der Waals surface area contributed by atoms with Crippen molar-refractivity contribution in [1.29, 1.82) is 0 Å². The summed E-state index contributed by atoms with van der Waals surface area (Å²) in [6.45, 7) is 1.78. The highest BCUT2D eigenvalue weighted by Crippen LogP contribution is 2.19. The van der Waals surface area contributed by atoms with E-state index >= 15 is 0 Å². The largest absolute Gasteiger partial charge is 0.342 e. The van der Waals surface area contributed by atoms with Crippen molar-refractivity contribution in [2.24, 2.45) is 11.0 Å². The quantitative estimate of drug-likeness (QED) is 0.482. The average Bonchev–Trinajstić information content (AvgIpc) is 2.90.